The highest BCUT2D eigenvalue weighted by Crippen LogP contribution is 2.20. The minimum atomic E-state index is -0.734. The number of carbonyl (C=O) groups excluding carboxylic acids is 2. The summed E-state index contributed by atoms with van der Waals surface area (Å²) in [4.78, 5) is 34.7. The average Bonchev–Trinajstić information content (AvgIpc) is 2.41. The molecule has 0 saturated carbocycles. The van der Waals surface area contributed by atoms with E-state index in [1.165, 1.54) is 12.7 Å². The van der Waals surface area contributed by atoms with Crippen LogP contribution >= 0.6 is 0 Å². The van der Waals surface area contributed by atoms with Crippen LogP contribution in [0.4, 0.5) is 11.6 Å². The lowest BCUT2D eigenvalue weighted by molar-refractivity contribution is -0.129. The second-order valence-corrected chi connectivity index (χ2v) is 3.07. The highest BCUT2D eigenvalue weighted by molar-refractivity contribution is 6.32. The first kappa shape index (κ1) is 10.9. The van der Waals surface area contributed by atoms with Crippen molar-refractivity contribution in [1.82, 2.24) is 15.0 Å². The van der Waals surface area contributed by atoms with Crippen molar-refractivity contribution in [3.05, 3.63) is 43.0 Å². The van der Waals surface area contributed by atoms with E-state index in [0.717, 1.165) is 4.90 Å². The Balaban J connectivity index is 2.47. The van der Waals surface area contributed by atoms with Crippen LogP contribution in [0.15, 0.2) is 43.0 Å². The zero-order valence-corrected chi connectivity index (χ0v) is 8.72. The number of nitrogens with zero attached hydrogens (tertiary/aromatic N) is 4. The smallest absolute Gasteiger partial charge is 0.292 e. The number of amides is 1. The standard InChI is InChI=1S/C11H8N4O2/c16-6-10(17)15(9-4-2-1-3-5-9)11-13-7-12-8-14-11/h1-8H. The van der Waals surface area contributed by atoms with Gasteiger partial charge in [-0.3, -0.25) is 9.59 Å². The van der Waals surface area contributed by atoms with E-state index in [9.17, 15) is 9.59 Å². The zero-order chi connectivity index (χ0) is 12.1. The number of carbonyl (C=O) groups is 2. The molecule has 84 valence electrons. The first-order valence-corrected chi connectivity index (χ1v) is 4.79. The van der Waals surface area contributed by atoms with Crippen LogP contribution in [0.2, 0.25) is 0 Å². The van der Waals surface area contributed by atoms with Gasteiger partial charge in [0.2, 0.25) is 12.2 Å². The van der Waals surface area contributed by atoms with Crippen LogP contribution in [-0.4, -0.2) is 27.1 Å². The maximum absolute atomic E-state index is 11.6. The molecule has 6 heteroatoms. The summed E-state index contributed by atoms with van der Waals surface area (Å²) in [6.07, 6.45) is 2.74. The van der Waals surface area contributed by atoms with Gasteiger partial charge in [0, 0.05) is 0 Å². The van der Waals surface area contributed by atoms with Gasteiger partial charge >= 0.3 is 0 Å². The normalized spacial score (nSPS) is 9.65. The van der Waals surface area contributed by atoms with E-state index < -0.39 is 5.91 Å². The van der Waals surface area contributed by atoms with Gasteiger partial charge in [0.1, 0.15) is 12.7 Å². The quantitative estimate of drug-likeness (QED) is 0.572. The van der Waals surface area contributed by atoms with E-state index in [1.54, 1.807) is 30.3 Å². The number of hydrogen-bond donors (Lipinski definition) is 0. The molecule has 1 heterocycles. The molecule has 0 spiro atoms. The topological polar surface area (TPSA) is 76.1 Å². The van der Waals surface area contributed by atoms with Crippen molar-refractivity contribution >= 4 is 23.8 Å². The molecular weight excluding hydrogens is 220 g/mol. The minimum Gasteiger partial charge on any atom is -0.292 e. The number of rotatable bonds is 3. The minimum absolute atomic E-state index is 0.114. The monoisotopic (exact) mass is 228 g/mol. The van der Waals surface area contributed by atoms with Gasteiger partial charge in [0.05, 0.1) is 5.69 Å². The van der Waals surface area contributed by atoms with Crippen molar-refractivity contribution in [1.29, 1.82) is 0 Å². The average molecular weight is 228 g/mol. The number of aromatic nitrogens is 3. The molecule has 0 unspecified atom stereocenters. The highest BCUT2D eigenvalue weighted by atomic mass is 16.2. The van der Waals surface area contributed by atoms with Crippen molar-refractivity contribution in [3.8, 4) is 0 Å². The number of anilines is 2. The SMILES string of the molecule is O=CC(=O)N(c1ccccc1)c1ncncn1. The number of hydrogen-bond acceptors (Lipinski definition) is 5. The summed E-state index contributed by atoms with van der Waals surface area (Å²) < 4.78 is 0. The lowest BCUT2D eigenvalue weighted by Crippen LogP contribution is -2.28. The van der Waals surface area contributed by atoms with Crippen molar-refractivity contribution in [2.75, 3.05) is 4.90 Å². The van der Waals surface area contributed by atoms with Gasteiger partial charge < -0.3 is 0 Å². The predicted molar refractivity (Wildman–Crippen MR) is 59.5 cm³/mol. The van der Waals surface area contributed by atoms with Gasteiger partial charge in [0.15, 0.2) is 0 Å². The molecule has 1 amide bonds. The third-order valence-electron chi connectivity index (χ3n) is 2.02. The van der Waals surface area contributed by atoms with Gasteiger partial charge in [-0.15, -0.1) is 0 Å². The molecule has 6 nitrogen and oxygen atoms in total. The summed E-state index contributed by atoms with van der Waals surface area (Å²) in [6, 6.07) is 8.68. The van der Waals surface area contributed by atoms with E-state index >= 15 is 0 Å². The Hall–Kier alpha value is -2.63. The number of aldehydes is 1. The van der Waals surface area contributed by atoms with E-state index in [2.05, 4.69) is 15.0 Å². The summed E-state index contributed by atoms with van der Waals surface area (Å²) in [5.41, 5.74) is 0.524. The van der Waals surface area contributed by atoms with Crippen LogP contribution in [0.25, 0.3) is 0 Å². The Labute approximate surface area is 97.0 Å². The van der Waals surface area contributed by atoms with Crippen LogP contribution in [0.3, 0.4) is 0 Å². The Morgan fingerprint density at radius 2 is 1.76 bits per heavy atom. The second kappa shape index (κ2) is 4.93. The second-order valence-electron chi connectivity index (χ2n) is 3.07. The van der Waals surface area contributed by atoms with Gasteiger partial charge in [0.25, 0.3) is 5.91 Å². The van der Waals surface area contributed by atoms with Crippen LogP contribution in [0.5, 0.6) is 0 Å². The summed E-state index contributed by atoms with van der Waals surface area (Å²) in [7, 11) is 0. The van der Waals surface area contributed by atoms with Crippen molar-refractivity contribution < 1.29 is 9.59 Å². The first-order chi connectivity index (χ1) is 8.33. The number of benzene rings is 1. The summed E-state index contributed by atoms with van der Waals surface area (Å²) in [6.45, 7) is 0. The molecule has 0 fully saturated rings. The Bertz CT molecular complexity index is 476. The summed E-state index contributed by atoms with van der Waals surface area (Å²) in [5.74, 6) is -0.620. The van der Waals surface area contributed by atoms with Crippen LogP contribution in [-0.2, 0) is 9.59 Å². The maximum atomic E-state index is 11.6. The molecule has 1 aromatic carbocycles. The zero-order valence-electron chi connectivity index (χ0n) is 8.72. The fourth-order valence-electron chi connectivity index (χ4n) is 1.32. The molecule has 0 radical (unpaired) electrons. The van der Waals surface area contributed by atoms with Crippen molar-refractivity contribution in [3.63, 3.8) is 0 Å². The summed E-state index contributed by atoms with van der Waals surface area (Å²) in [5, 5.41) is 0. The van der Waals surface area contributed by atoms with Gasteiger partial charge in [-0.1, -0.05) is 18.2 Å². The van der Waals surface area contributed by atoms with E-state index in [1.807, 2.05) is 0 Å². The molecular formula is C11H8N4O2. The first-order valence-electron chi connectivity index (χ1n) is 4.79. The molecule has 0 N–H and O–H groups in total. The largest absolute Gasteiger partial charge is 0.298 e. The lowest BCUT2D eigenvalue weighted by atomic mass is 10.3. The van der Waals surface area contributed by atoms with Crippen molar-refractivity contribution in [2.24, 2.45) is 0 Å². The van der Waals surface area contributed by atoms with E-state index in [0.29, 0.717) is 5.69 Å². The molecule has 0 aliphatic carbocycles. The van der Waals surface area contributed by atoms with E-state index in [-0.39, 0.29) is 12.2 Å². The molecule has 17 heavy (non-hydrogen) atoms. The Kier molecular flexibility index (Phi) is 3.15. The molecule has 2 aromatic rings. The van der Waals surface area contributed by atoms with Crippen molar-refractivity contribution in [2.45, 2.75) is 0 Å². The molecule has 2 rings (SSSR count). The maximum Gasteiger partial charge on any atom is 0.298 e. The molecule has 0 bridgehead atoms. The highest BCUT2D eigenvalue weighted by Gasteiger charge is 2.19. The molecule has 0 atom stereocenters. The molecule has 0 aliphatic heterocycles. The van der Waals surface area contributed by atoms with Crippen LogP contribution in [0, 0.1) is 0 Å². The number of para-hydroxylation sites is 1. The third kappa shape index (κ3) is 2.31. The molecule has 0 aliphatic rings. The Morgan fingerprint density at radius 1 is 1.12 bits per heavy atom. The van der Waals surface area contributed by atoms with Gasteiger partial charge in [-0.2, -0.15) is 0 Å². The Morgan fingerprint density at radius 3 is 2.35 bits per heavy atom. The lowest BCUT2D eigenvalue weighted by Gasteiger charge is -2.17. The summed E-state index contributed by atoms with van der Waals surface area (Å²) >= 11 is 0. The van der Waals surface area contributed by atoms with Gasteiger partial charge in [-0.25, -0.2) is 19.9 Å². The fraction of sp³-hybridized carbons (Fsp3) is 0. The fourth-order valence-corrected chi connectivity index (χ4v) is 1.32. The molecule has 0 saturated heterocycles. The van der Waals surface area contributed by atoms with Crippen LogP contribution in [0.1, 0.15) is 0 Å². The predicted octanol–water partition coefficient (Wildman–Crippen LogP) is 0.735. The van der Waals surface area contributed by atoms with Gasteiger partial charge in [-0.05, 0) is 12.1 Å². The van der Waals surface area contributed by atoms with E-state index in [4.69, 9.17) is 0 Å². The third-order valence-corrected chi connectivity index (χ3v) is 2.02. The van der Waals surface area contributed by atoms with Crippen LogP contribution < -0.4 is 4.90 Å². The molecule has 1 aromatic heterocycles.